The van der Waals surface area contributed by atoms with Crippen LogP contribution in [0.15, 0.2) is 0 Å². The first kappa shape index (κ1) is 10.0. The number of hydrogen-bond donors (Lipinski definition) is 1. The number of H-pyrrole nitrogens is 1. The topological polar surface area (TPSA) is 108 Å². The summed E-state index contributed by atoms with van der Waals surface area (Å²) in [5.74, 6) is -0.539. The first-order valence-corrected chi connectivity index (χ1v) is 2.21. The fraction of sp³-hybridized carbons (Fsp3) is 0. The van der Waals surface area contributed by atoms with Crippen molar-refractivity contribution in [1.29, 1.82) is 5.26 Å². The predicted molar refractivity (Wildman–Crippen MR) is 28.9 cm³/mol. The minimum Gasteiger partial charge on any atom is -1.00 e. The Morgan fingerprint density at radius 1 is 1.73 bits per heavy atom. The van der Waals surface area contributed by atoms with Crippen LogP contribution in [0.2, 0.25) is 0 Å². The Kier molecular flexibility index (Phi) is 3.67. The van der Waals surface area contributed by atoms with Crippen LogP contribution in [0.5, 0.6) is 0 Å². The minimum atomic E-state index is -0.776. The minimum absolute atomic E-state index is 0. The van der Waals surface area contributed by atoms with Crippen molar-refractivity contribution in [3.63, 3.8) is 0 Å². The van der Waals surface area contributed by atoms with E-state index in [1.165, 1.54) is 6.07 Å². The van der Waals surface area contributed by atoms with Crippen LogP contribution in [0.3, 0.4) is 0 Å². The van der Waals surface area contributed by atoms with Gasteiger partial charge in [-0.05, 0) is 4.92 Å². The van der Waals surface area contributed by atoms with Gasteiger partial charge in [0.05, 0.1) is 5.10 Å². The standard InChI is InChI=1S/C3HN5O2.Na.H/c4-1-2-3(8(9)10)6-7-5-2;;/h(H,5,6,7);;/q;+1;-1. The first-order chi connectivity index (χ1) is 4.75. The van der Waals surface area contributed by atoms with Gasteiger partial charge in [0.1, 0.15) is 6.07 Å². The maximum atomic E-state index is 9.97. The summed E-state index contributed by atoms with van der Waals surface area (Å²) < 4.78 is 0. The van der Waals surface area contributed by atoms with E-state index >= 15 is 0 Å². The quantitative estimate of drug-likeness (QED) is 0.265. The van der Waals surface area contributed by atoms with Crippen molar-refractivity contribution in [2.45, 2.75) is 0 Å². The summed E-state index contributed by atoms with van der Waals surface area (Å²) in [6, 6.07) is 1.51. The molecule has 0 saturated carbocycles. The molecule has 0 aliphatic rings. The van der Waals surface area contributed by atoms with E-state index in [0.29, 0.717) is 0 Å². The molecule has 0 radical (unpaired) electrons. The molecular formula is C3H2N5NaO2. The predicted octanol–water partition coefficient (Wildman–Crippen LogP) is -3.30. The van der Waals surface area contributed by atoms with Crippen LogP contribution in [0.25, 0.3) is 0 Å². The summed E-state index contributed by atoms with van der Waals surface area (Å²) in [6.45, 7) is 0. The van der Waals surface area contributed by atoms with E-state index in [1.54, 1.807) is 0 Å². The van der Waals surface area contributed by atoms with Gasteiger partial charge in [0.15, 0.2) is 0 Å². The van der Waals surface area contributed by atoms with Gasteiger partial charge in [-0.1, -0.05) is 0 Å². The molecule has 0 amide bonds. The summed E-state index contributed by atoms with van der Waals surface area (Å²) in [6.07, 6.45) is 0. The maximum Gasteiger partial charge on any atom is 1.00 e. The van der Waals surface area contributed by atoms with Crippen LogP contribution < -0.4 is 29.6 Å². The van der Waals surface area contributed by atoms with Gasteiger partial charge in [0.25, 0.3) is 5.69 Å². The molecule has 7 nitrogen and oxygen atoms in total. The molecule has 8 heteroatoms. The summed E-state index contributed by atoms with van der Waals surface area (Å²) in [7, 11) is 0. The summed E-state index contributed by atoms with van der Waals surface area (Å²) in [5.41, 5.74) is -0.301. The SMILES string of the molecule is N#Cc1n[nH]nc1[N+](=O)[O-].[H-].[Na+]. The van der Waals surface area contributed by atoms with Crippen LogP contribution >= 0.6 is 0 Å². The number of aromatic nitrogens is 3. The van der Waals surface area contributed by atoms with Gasteiger partial charge in [-0.25, -0.2) is 0 Å². The average molecular weight is 163 g/mol. The van der Waals surface area contributed by atoms with Crippen LogP contribution in [-0.4, -0.2) is 20.3 Å². The van der Waals surface area contributed by atoms with Crippen molar-refractivity contribution < 1.29 is 35.9 Å². The Morgan fingerprint density at radius 2 is 2.36 bits per heavy atom. The molecule has 0 aliphatic heterocycles. The molecule has 1 aromatic heterocycles. The van der Waals surface area contributed by atoms with E-state index < -0.39 is 10.7 Å². The van der Waals surface area contributed by atoms with E-state index in [-0.39, 0.29) is 36.7 Å². The third-order valence-corrected chi connectivity index (χ3v) is 0.808. The van der Waals surface area contributed by atoms with Crippen molar-refractivity contribution >= 4 is 5.82 Å². The van der Waals surface area contributed by atoms with Crippen molar-refractivity contribution in [2.75, 3.05) is 0 Å². The monoisotopic (exact) mass is 163 g/mol. The number of nitriles is 1. The van der Waals surface area contributed by atoms with Crippen molar-refractivity contribution in [3.05, 3.63) is 15.8 Å². The Bertz CT molecular complexity index is 306. The molecule has 0 unspecified atom stereocenters. The molecule has 0 bridgehead atoms. The molecule has 1 aromatic rings. The van der Waals surface area contributed by atoms with E-state index in [2.05, 4.69) is 10.2 Å². The van der Waals surface area contributed by atoms with E-state index in [9.17, 15) is 10.1 Å². The third kappa shape index (κ3) is 1.98. The van der Waals surface area contributed by atoms with Crippen molar-refractivity contribution in [1.82, 2.24) is 15.4 Å². The van der Waals surface area contributed by atoms with Crippen LogP contribution in [0, 0.1) is 21.4 Å². The zero-order chi connectivity index (χ0) is 7.56. The second-order valence-corrected chi connectivity index (χ2v) is 1.36. The molecule has 0 fully saturated rings. The number of nitrogens with zero attached hydrogens (tertiary/aromatic N) is 4. The third-order valence-electron chi connectivity index (χ3n) is 0.808. The molecule has 1 heterocycles. The fourth-order valence-corrected chi connectivity index (χ4v) is 0.428. The molecule has 0 atom stereocenters. The van der Waals surface area contributed by atoms with E-state index in [1.807, 2.05) is 5.21 Å². The van der Waals surface area contributed by atoms with Crippen molar-refractivity contribution in [2.24, 2.45) is 0 Å². The maximum absolute atomic E-state index is 9.97. The number of aromatic amines is 1. The second-order valence-electron chi connectivity index (χ2n) is 1.36. The van der Waals surface area contributed by atoms with Crippen LogP contribution in [0.4, 0.5) is 5.82 Å². The molecule has 0 aliphatic carbocycles. The Morgan fingerprint density at radius 3 is 2.73 bits per heavy atom. The van der Waals surface area contributed by atoms with Gasteiger partial charge >= 0.3 is 35.4 Å². The van der Waals surface area contributed by atoms with Gasteiger partial charge < -0.3 is 11.5 Å². The van der Waals surface area contributed by atoms with E-state index in [0.717, 1.165) is 0 Å². The van der Waals surface area contributed by atoms with Gasteiger partial charge in [0.2, 0.25) is 0 Å². The molecule has 1 N–H and O–H groups in total. The molecule has 0 aromatic carbocycles. The normalized spacial score (nSPS) is 7.91. The average Bonchev–Trinajstić information content (AvgIpc) is 2.33. The zero-order valence-corrected chi connectivity index (χ0v) is 7.61. The number of nitro groups is 1. The zero-order valence-electron chi connectivity index (χ0n) is 6.61. The van der Waals surface area contributed by atoms with Gasteiger partial charge in [-0.15, -0.1) is 10.3 Å². The number of hydrogen-bond acceptors (Lipinski definition) is 5. The Labute approximate surface area is 84.3 Å². The summed E-state index contributed by atoms with van der Waals surface area (Å²) in [5, 5.41) is 26.5. The number of nitrogens with one attached hydrogen (secondary N) is 1. The molecular weight excluding hydrogens is 161 g/mol. The Balaban J connectivity index is 0. The first-order valence-electron chi connectivity index (χ1n) is 2.21. The largest absolute Gasteiger partial charge is 1.00 e. The van der Waals surface area contributed by atoms with Gasteiger partial charge in [0, 0.05) is 0 Å². The molecule has 11 heavy (non-hydrogen) atoms. The number of rotatable bonds is 1. The van der Waals surface area contributed by atoms with Crippen LogP contribution in [0.1, 0.15) is 7.12 Å². The fourth-order valence-electron chi connectivity index (χ4n) is 0.428. The van der Waals surface area contributed by atoms with Crippen molar-refractivity contribution in [3.8, 4) is 6.07 Å². The van der Waals surface area contributed by atoms with Gasteiger partial charge in [-0.3, -0.25) is 0 Å². The summed E-state index contributed by atoms with van der Waals surface area (Å²) >= 11 is 0. The second kappa shape index (κ2) is 4.02. The Hall–Kier alpha value is -0.970. The molecule has 52 valence electrons. The van der Waals surface area contributed by atoms with Crippen LogP contribution in [-0.2, 0) is 0 Å². The molecule has 1 rings (SSSR count). The van der Waals surface area contributed by atoms with Gasteiger partial charge in [-0.2, -0.15) is 5.26 Å². The molecule has 0 spiro atoms. The summed E-state index contributed by atoms with van der Waals surface area (Å²) in [4.78, 5) is 9.20. The smallest absolute Gasteiger partial charge is 1.00 e. The molecule has 0 saturated heterocycles. The van der Waals surface area contributed by atoms with E-state index in [4.69, 9.17) is 5.26 Å².